The van der Waals surface area contributed by atoms with Crippen molar-refractivity contribution in [3.63, 3.8) is 0 Å². The van der Waals surface area contributed by atoms with E-state index in [1.807, 2.05) is 0 Å². The van der Waals surface area contributed by atoms with Crippen LogP contribution in [0.25, 0.3) is 0 Å². The summed E-state index contributed by atoms with van der Waals surface area (Å²) in [5.41, 5.74) is 0.680. The first-order valence-electron chi connectivity index (χ1n) is 8.74. The van der Waals surface area contributed by atoms with Gasteiger partial charge in [-0.2, -0.15) is 0 Å². The van der Waals surface area contributed by atoms with Crippen molar-refractivity contribution in [2.75, 3.05) is 0 Å². The van der Waals surface area contributed by atoms with Crippen molar-refractivity contribution in [1.29, 1.82) is 0 Å². The molecule has 0 bridgehead atoms. The predicted octanol–water partition coefficient (Wildman–Crippen LogP) is 7.12. The number of unbranched alkanes of at least 4 members (excludes halogenated alkanes) is 7. The smallest absolute Gasteiger partial charge is 0.0303 e. The van der Waals surface area contributed by atoms with E-state index in [-0.39, 0.29) is 0 Å². The second-order valence-corrected chi connectivity index (χ2v) is 6.18. The molecular formula is C18H38. The van der Waals surface area contributed by atoms with Gasteiger partial charge < -0.3 is 0 Å². The van der Waals surface area contributed by atoms with Gasteiger partial charge in [0.15, 0.2) is 0 Å². The Hall–Kier alpha value is 0. The fourth-order valence-electron chi connectivity index (χ4n) is 3.09. The zero-order valence-electron chi connectivity index (χ0n) is 13.7. The van der Waals surface area contributed by atoms with Gasteiger partial charge in [-0.05, 0) is 18.3 Å². The lowest BCUT2D eigenvalue weighted by Crippen LogP contribution is -2.18. The van der Waals surface area contributed by atoms with Gasteiger partial charge in [0.2, 0.25) is 0 Å². The van der Waals surface area contributed by atoms with Crippen LogP contribution >= 0.6 is 0 Å². The lowest BCUT2D eigenvalue weighted by atomic mass is 9.74. The normalized spacial score (nSPS) is 12.0. The highest BCUT2D eigenvalue weighted by Gasteiger charge is 2.24. The Morgan fingerprint density at radius 2 is 0.944 bits per heavy atom. The van der Waals surface area contributed by atoms with Crippen molar-refractivity contribution < 1.29 is 0 Å². The molecule has 0 nitrogen and oxygen atoms in total. The monoisotopic (exact) mass is 254 g/mol. The Morgan fingerprint density at radius 3 is 1.44 bits per heavy atom. The van der Waals surface area contributed by atoms with Crippen LogP contribution in [0.5, 0.6) is 0 Å². The van der Waals surface area contributed by atoms with Crippen molar-refractivity contribution in [3.05, 3.63) is 0 Å². The molecule has 0 saturated heterocycles. The minimum atomic E-state index is 0.680. The molecule has 18 heavy (non-hydrogen) atoms. The summed E-state index contributed by atoms with van der Waals surface area (Å²) in [6.07, 6.45) is 18.6. The Balaban J connectivity index is 3.69. The molecule has 0 heteroatoms. The summed E-state index contributed by atoms with van der Waals surface area (Å²) in [5, 5.41) is 0. The summed E-state index contributed by atoms with van der Waals surface area (Å²) < 4.78 is 0. The highest BCUT2D eigenvalue weighted by molar-refractivity contribution is 4.76. The van der Waals surface area contributed by atoms with Crippen LogP contribution in [-0.2, 0) is 0 Å². The molecule has 0 aliphatic carbocycles. The molecule has 0 fully saturated rings. The zero-order chi connectivity index (χ0) is 13.7. The molecule has 0 heterocycles. The number of hydrogen-bond acceptors (Lipinski definition) is 0. The van der Waals surface area contributed by atoms with Gasteiger partial charge in [0.05, 0.1) is 0 Å². The molecule has 0 aromatic carbocycles. The summed E-state index contributed by atoms with van der Waals surface area (Å²) >= 11 is 0. The largest absolute Gasteiger partial charge is 0.0654 e. The van der Waals surface area contributed by atoms with E-state index in [1.54, 1.807) is 0 Å². The third-order valence-corrected chi connectivity index (χ3v) is 4.87. The molecule has 0 rings (SSSR count). The SMILES string of the molecule is CCCCCCCCCC(CC)(CC)CCCC. The summed E-state index contributed by atoms with van der Waals surface area (Å²) in [4.78, 5) is 0. The molecule has 0 spiro atoms. The second kappa shape index (κ2) is 12.1. The molecule has 0 aliphatic heterocycles. The fourth-order valence-corrected chi connectivity index (χ4v) is 3.09. The Bertz CT molecular complexity index is 155. The maximum absolute atomic E-state index is 2.40. The molecule has 0 aromatic rings. The molecule has 0 unspecified atom stereocenters. The van der Waals surface area contributed by atoms with E-state index in [4.69, 9.17) is 0 Å². The van der Waals surface area contributed by atoms with E-state index in [9.17, 15) is 0 Å². The minimum Gasteiger partial charge on any atom is -0.0654 e. The number of hydrogen-bond donors (Lipinski definition) is 0. The summed E-state index contributed by atoms with van der Waals surface area (Å²) in [6, 6.07) is 0. The van der Waals surface area contributed by atoms with E-state index >= 15 is 0 Å². The molecular weight excluding hydrogens is 216 g/mol. The van der Waals surface area contributed by atoms with Gasteiger partial charge in [0.1, 0.15) is 0 Å². The zero-order valence-corrected chi connectivity index (χ0v) is 13.7. The molecule has 0 atom stereocenters. The molecule has 0 radical (unpaired) electrons. The molecule has 0 saturated carbocycles. The van der Waals surface area contributed by atoms with Gasteiger partial charge in [-0.1, -0.05) is 98.3 Å². The molecule has 0 amide bonds. The molecule has 0 aromatic heterocycles. The van der Waals surface area contributed by atoms with Crippen LogP contribution in [0.2, 0.25) is 0 Å². The first-order chi connectivity index (χ1) is 8.74. The summed E-state index contributed by atoms with van der Waals surface area (Å²) in [7, 11) is 0. The first kappa shape index (κ1) is 18.0. The minimum absolute atomic E-state index is 0.680. The maximum atomic E-state index is 2.40. The van der Waals surface area contributed by atoms with Crippen molar-refractivity contribution >= 4 is 0 Å². The van der Waals surface area contributed by atoms with Crippen molar-refractivity contribution in [2.45, 2.75) is 111 Å². The van der Waals surface area contributed by atoms with Crippen molar-refractivity contribution in [3.8, 4) is 0 Å². The highest BCUT2D eigenvalue weighted by atomic mass is 14.3. The Kier molecular flexibility index (Phi) is 12.1. The van der Waals surface area contributed by atoms with Gasteiger partial charge in [-0.15, -0.1) is 0 Å². The summed E-state index contributed by atoms with van der Waals surface area (Å²) in [5.74, 6) is 0. The Morgan fingerprint density at radius 1 is 0.500 bits per heavy atom. The lowest BCUT2D eigenvalue weighted by Gasteiger charge is -2.32. The number of rotatable bonds is 13. The maximum Gasteiger partial charge on any atom is -0.0303 e. The van der Waals surface area contributed by atoms with E-state index < -0.39 is 0 Å². The third kappa shape index (κ3) is 8.16. The van der Waals surface area contributed by atoms with E-state index in [0.717, 1.165) is 0 Å². The Labute approximate surface area is 117 Å². The third-order valence-electron chi connectivity index (χ3n) is 4.87. The average Bonchev–Trinajstić information content (AvgIpc) is 2.42. The van der Waals surface area contributed by atoms with Crippen LogP contribution in [-0.4, -0.2) is 0 Å². The average molecular weight is 255 g/mol. The van der Waals surface area contributed by atoms with Crippen LogP contribution in [0.1, 0.15) is 111 Å². The predicted molar refractivity (Wildman–Crippen MR) is 85.2 cm³/mol. The van der Waals surface area contributed by atoms with Gasteiger partial charge in [-0.3, -0.25) is 0 Å². The molecule has 110 valence electrons. The first-order valence-corrected chi connectivity index (χ1v) is 8.74. The second-order valence-electron chi connectivity index (χ2n) is 6.18. The topological polar surface area (TPSA) is 0 Å². The van der Waals surface area contributed by atoms with Crippen molar-refractivity contribution in [1.82, 2.24) is 0 Å². The van der Waals surface area contributed by atoms with Crippen LogP contribution in [0.15, 0.2) is 0 Å². The van der Waals surface area contributed by atoms with Crippen LogP contribution in [0.4, 0.5) is 0 Å². The fraction of sp³-hybridized carbons (Fsp3) is 1.00. The summed E-state index contributed by atoms with van der Waals surface area (Å²) in [6.45, 7) is 9.43. The standard InChI is InChI=1S/C18H38/c1-5-9-11-12-13-14-15-17-18(7-3,8-4)16-10-6-2/h5-17H2,1-4H3. The lowest BCUT2D eigenvalue weighted by molar-refractivity contribution is 0.204. The van der Waals surface area contributed by atoms with Gasteiger partial charge in [-0.25, -0.2) is 0 Å². The van der Waals surface area contributed by atoms with E-state index in [0.29, 0.717) is 5.41 Å². The van der Waals surface area contributed by atoms with Gasteiger partial charge in [0, 0.05) is 0 Å². The van der Waals surface area contributed by atoms with Crippen LogP contribution in [0.3, 0.4) is 0 Å². The molecule has 0 aliphatic rings. The quantitative estimate of drug-likeness (QED) is 0.307. The van der Waals surface area contributed by atoms with Crippen LogP contribution < -0.4 is 0 Å². The van der Waals surface area contributed by atoms with E-state index in [1.165, 1.54) is 83.5 Å². The van der Waals surface area contributed by atoms with Gasteiger partial charge >= 0.3 is 0 Å². The van der Waals surface area contributed by atoms with E-state index in [2.05, 4.69) is 27.7 Å². The highest BCUT2D eigenvalue weighted by Crippen LogP contribution is 2.38. The van der Waals surface area contributed by atoms with Gasteiger partial charge in [0.25, 0.3) is 0 Å². The van der Waals surface area contributed by atoms with Crippen LogP contribution in [0, 0.1) is 5.41 Å². The van der Waals surface area contributed by atoms with Crippen molar-refractivity contribution in [2.24, 2.45) is 5.41 Å². The molecule has 0 N–H and O–H groups in total.